The average Bonchev–Trinajstić information content (AvgIpc) is 2.74. The standard InChI is InChI=1S/C10H14O4/c1-5(11)8-6-3-4-7(14-6)9(8)10(12)13-2/h6-9H,3-4H2,1-2H3. The van der Waals surface area contributed by atoms with Gasteiger partial charge < -0.3 is 9.47 Å². The van der Waals surface area contributed by atoms with Gasteiger partial charge in [-0.3, -0.25) is 9.59 Å². The van der Waals surface area contributed by atoms with Gasteiger partial charge in [-0.2, -0.15) is 0 Å². The van der Waals surface area contributed by atoms with Gasteiger partial charge in [0.2, 0.25) is 0 Å². The van der Waals surface area contributed by atoms with E-state index in [0.717, 1.165) is 12.8 Å². The van der Waals surface area contributed by atoms with E-state index in [1.54, 1.807) is 0 Å². The van der Waals surface area contributed by atoms with E-state index in [-0.39, 0.29) is 35.8 Å². The molecule has 0 aromatic carbocycles. The van der Waals surface area contributed by atoms with Crippen LogP contribution >= 0.6 is 0 Å². The molecule has 2 rings (SSSR count). The fraction of sp³-hybridized carbons (Fsp3) is 0.800. The fourth-order valence-electron chi connectivity index (χ4n) is 2.63. The third-order valence-electron chi connectivity index (χ3n) is 3.22. The number of hydrogen-bond donors (Lipinski definition) is 0. The number of rotatable bonds is 2. The Morgan fingerprint density at radius 3 is 2.29 bits per heavy atom. The summed E-state index contributed by atoms with van der Waals surface area (Å²) in [7, 11) is 1.35. The third-order valence-corrected chi connectivity index (χ3v) is 3.22. The van der Waals surface area contributed by atoms with Crippen LogP contribution in [-0.4, -0.2) is 31.1 Å². The molecule has 4 heteroatoms. The molecule has 2 saturated heterocycles. The van der Waals surface area contributed by atoms with Crippen molar-refractivity contribution in [2.45, 2.75) is 32.0 Å². The molecule has 0 saturated carbocycles. The van der Waals surface area contributed by atoms with Crippen molar-refractivity contribution in [1.29, 1.82) is 0 Å². The molecule has 4 nitrogen and oxygen atoms in total. The molecule has 0 amide bonds. The predicted octanol–water partition coefficient (Wildman–Crippen LogP) is 0.542. The number of hydrogen-bond acceptors (Lipinski definition) is 4. The van der Waals surface area contributed by atoms with E-state index in [2.05, 4.69) is 0 Å². The molecular formula is C10H14O4. The van der Waals surface area contributed by atoms with Crippen LogP contribution in [0.25, 0.3) is 0 Å². The molecule has 0 aromatic heterocycles. The summed E-state index contributed by atoms with van der Waals surface area (Å²) in [4.78, 5) is 22.8. The first-order valence-electron chi connectivity index (χ1n) is 4.89. The first kappa shape index (κ1) is 9.65. The number of Topliss-reactive ketones (excluding diaryl/α,β-unsaturated/α-hetero) is 1. The van der Waals surface area contributed by atoms with E-state index in [4.69, 9.17) is 9.47 Å². The summed E-state index contributed by atoms with van der Waals surface area (Å²) < 4.78 is 10.3. The summed E-state index contributed by atoms with van der Waals surface area (Å²) in [6.45, 7) is 1.52. The molecule has 2 heterocycles. The second-order valence-corrected chi connectivity index (χ2v) is 3.98. The van der Waals surface area contributed by atoms with Gasteiger partial charge in [0.15, 0.2) is 0 Å². The van der Waals surface area contributed by atoms with Gasteiger partial charge in [-0.15, -0.1) is 0 Å². The van der Waals surface area contributed by atoms with Crippen LogP contribution in [0, 0.1) is 11.8 Å². The van der Waals surface area contributed by atoms with Crippen molar-refractivity contribution >= 4 is 11.8 Å². The lowest BCUT2D eigenvalue weighted by Crippen LogP contribution is -2.37. The van der Waals surface area contributed by atoms with E-state index < -0.39 is 0 Å². The summed E-state index contributed by atoms with van der Waals surface area (Å²) in [6.07, 6.45) is 1.61. The van der Waals surface area contributed by atoms with Crippen LogP contribution in [0.15, 0.2) is 0 Å². The molecule has 4 atom stereocenters. The van der Waals surface area contributed by atoms with Crippen molar-refractivity contribution in [1.82, 2.24) is 0 Å². The smallest absolute Gasteiger partial charge is 0.312 e. The fourth-order valence-corrected chi connectivity index (χ4v) is 2.63. The van der Waals surface area contributed by atoms with Crippen LogP contribution in [0.3, 0.4) is 0 Å². The minimum atomic E-state index is -0.365. The Labute approximate surface area is 82.6 Å². The van der Waals surface area contributed by atoms with Gasteiger partial charge in [0, 0.05) is 0 Å². The highest BCUT2D eigenvalue weighted by atomic mass is 16.5. The maximum absolute atomic E-state index is 11.5. The molecular weight excluding hydrogens is 184 g/mol. The third kappa shape index (κ3) is 1.25. The normalized spacial score (nSPS) is 39.9. The van der Waals surface area contributed by atoms with Crippen LogP contribution in [0.2, 0.25) is 0 Å². The first-order valence-corrected chi connectivity index (χ1v) is 4.89. The Morgan fingerprint density at radius 1 is 1.21 bits per heavy atom. The molecule has 78 valence electrons. The van der Waals surface area contributed by atoms with E-state index in [0.29, 0.717) is 0 Å². The minimum Gasteiger partial charge on any atom is -0.469 e. The summed E-state index contributed by atoms with van der Waals surface area (Å²) in [5.41, 5.74) is 0. The van der Waals surface area contributed by atoms with Crippen LogP contribution in [-0.2, 0) is 19.1 Å². The Bertz CT molecular complexity index is 273. The number of methoxy groups -OCH3 is 1. The number of ketones is 1. The van der Waals surface area contributed by atoms with Gasteiger partial charge in [-0.1, -0.05) is 0 Å². The Balaban J connectivity index is 2.21. The highest BCUT2D eigenvalue weighted by molar-refractivity contribution is 5.87. The molecule has 0 aliphatic carbocycles. The zero-order valence-corrected chi connectivity index (χ0v) is 8.36. The van der Waals surface area contributed by atoms with Gasteiger partial charge in [-0.05, 0) is 19.8 Å². The van der Waals surface area contributed by atoms with E-state index in [1.807, 2.05) is 0 Å². The molecule has 0 aromatic rings. The Kier molecular flexibility index (Phi) is 2.31. The molecule has 4 unspecified atom stereocenters. The van der Waals surface area contributed by atoms with Crippen molar-refractivity contribution in [3.63, 3.8) is 0 Å². The number of ether oxygens (including phenoxy) is 2. The van der Waals surface area contributed by atoms with Crippen molar-refractivity contribution in [3.8, 4) is 0 Å². The van der Waals surface area contributed by atoms with E-state index >= 15 is 0 Å². The van der Waals surface area contributed by atoms with Crippen LogP contribution in [0.5, 0.6) is 0 Å². The van der Waals surface area contributed by atoms with Gasteiger partial charge >= 0.3 is 5.97 Å². The molecule has 2 aliphatic rings. The molecule has 0 radical (unpaired) electrons. The highest BCUT2D eigenvalue weighted by Crippen LogP contribution is 2.44. The van der Waals surface area contributed by atoms with Crippen molar-refractivity contribution in [2.24, 2.45) is 11.8 Å². The maximum Gasteiger partial charge on any atom is 0.312 e. The second kappa shape index (κ2) is 3.35. The lowest BCUT2D eigenvalue weighted by atomic mass is 9.77. The molecule has 2 fully saturated rings. The number of fused-ring (bicyclic) bond motifs is 2. The number of carbonyl (C=O) groups is 2. The average molecular weight is 198 g/mol. The van der Waals surface area contributed by atoms with Crippen LogP contribution in [0.4, 0.5) is 0 Å². The summed E-state index contributed by atoms with van der Waals surface area (Å²) in [5, 5.41) is 0. The summed E-state index contributed by atoms with van der Waals surface area (Å²) >= 11 is 0. The topological polar surface area (TPSA) is 52.6 Å². The van der Waals surface area contributed by atoms with Crippen LogP contribution < -0.4 is 0 Å². The molecule has 0 N–H and O–H groups in total. The van der Waals surface area contributed by atoms with E-state index in [9.17, 15) is 9.59 Å². The Morgan fingerprint density at radius 2 is 1.79 bits per heavy atom. The van der Waals surface area contributed by atoms with Gasteiger partial charge in [0.05, 0.1) is 31.2 Å². The van der Waals surface area contributed by atoms with Crippen molar-refractivity contribution in [3.05, 3.63) is 0 Å². The van der Waals surface area contributed by atoms with Crippen molar-refractivity contribution in [2.75, 3.05) is 7.11 Å². The lowest BCUT2D eigenvalue weighted by Gasteiger charge is -2.23. The molecule has 2 aliphatic heterocycles. The number of esters is 1. The number of carbonyl (C=O) groups excluding carboxylic acids is 2. The molecule has 0 spiro atoms. The molecule has 2 bridgehead atoms. The highest BCUT2D eigenvalue weighted by Gasteiger charge is 2.54. The zero-order valence-electron chi connectivity index (χ0n) is 8.36. The molecule has 14 heavy (non-hydrogen) atoms. The predicted molar refractivity (Wildman–Crippen MR) is 47.6 cm³/mol. The first-order chi connectivity index (χ1) is 6.65. The second-order valence-electron chi connectivity index (χ2n) is 3.98. The summed E-state index contributed by atoms with van der Waals surface area (Å²) in [6, 6.07) is 0. The van der Waals surface area contributed by atoms with E-state index in [1.165, 1.54) is 14.0 Å². The SMILES string of the molecule is COC(=O)C1C2CCC(O2)C1C(C)=O. The maximum atomic E-state index is 11.5. The van der Waals surface area contributed by atoms with Gasteiger partial charge in [0.25, 0.3) is 0 Å². The lowest BCUT2D eigenvalue weighted by molar-refractivity contribution is -0.150. The Hall–Kier alpha value is -0.900. The van der Waals surface area contributed by atoms with Gasteiger partial charge in [-0.25, -0.2) is 0 Å². The summed E-state index contributed by atoms with van der Waals surface area (Å²) in [5.74, 6) is -0.914. The minimum absolute atomic E-state index is 0.0348. The van der Waals surface area contributed by atoms with Crippen molar-refractivity contribution < 1.29 is 19.1 Å². The quantitative estimate of drug-likeness (QED) is 0.608. The van der Waals surface area contributed by atoms with Crippen LogP contribution in [0.1, 0.15) is 19.8 Å². The largest absolute Gasteiger partial charge is 0.469 e. The zero-order chi connectivity index (χ0) is 10.3. The van der Waals surface area contributed by atoms with Gasteiger partial charge in [0.1, 0.15) is 5.78 Å². The monoisotopic (exact) mass is 198 g/mol.